The van der Waals surface area contributed by atoms with Gasteiger partial charge in [0.2, 0.25) is 0 Å². The lowest BCUT2D eigenvalue weighted by Gasteiger charge is -2.11. The average molecular weight is 474 g/mol. The van der Waals surface area contributed by atoms with Gasteiger partial charge in [-0.15, -0.1) is 11.8 Å². The molecule has 0 bridgehead atoms. The summed E-state index contributed by atoms with van der Waals surface area (Å²) in [4.78, 5) is 17.0. The molecule has 0 unspecified atom stereocenters. The quantitative estimate of drug-likeness (QED) is 0.202. The minimum Gasteiger partial charge on any atom is -0.491 e. The summed E-state index contributed by atoms with van der Waals surface area (Å²) >= 11 is 14.0. The van der Waals surface area contributed by atoms with Crippen LogP contribution in [0.4, 0.5) is 0 Å². The second-order valence-electron chi connectivity index (χ2n) is 6.47. The number of benzene rings is 2. The Balaban J connectivity index is 1.74. The third-order valence-electron chi connectivity index (χ3n) is 4.30. The van der Waals surface area contributed by atoms with Crippen molar-refractivity contribution in [2.24, 2.45) is 0 Å². The van der Waals surface area contributed by atoms with Gasteiger partial charge in [-0.25, -0.2) is 9.78 Å². The Bertz CT molecular complexity index is 1040. The van der Waals surface area contributed by atoms with Crippen LogP contribution in [0.15, 0.2) is 71.6 Å². The molecule has 0 aliphatic rings. The molecule has 0 amide bonds. The number of rotatable bonds is 9. The van der Waals surface area contributed by atoms with Crippen molar-refractivity contribution in [2.45, 2.75) is 17.1 Å². The van der Waals surface area contributed by atoms with Crippen molar-refractivity contribution >= 4 is 47.0 Å². The van der Waals surface area contributed by atoms with Crippen molar-refractivity contribution in [3.8, 4) is 5.75 Å². The normalized spacial score (nSPS) is 10.9. The van der Waals surface area contributed by atoms with Gasteiger partial charge in [0.25, 0.3) is 0 Å². The highest BCUT2D eigenvalue weighted by molar-refractivity contribution is 7.98. The number of methoxy groups -OCH3 is 1. The molecule has 31 heavy (non-hydrogen) atoms. The average Bonchev–Trinajstić information content (AvgIpc) is 2.78. The molecule has 0 fully saturated rings. The molecule has 0 aliphatic carbocycles. The first-order chi connectivity index (χ1) is 15.1. The van der Waals surface area contributed by atoms with E-state index in [-0.39, 0.29) is 0 Å². The van der Waals surface area contributed by atoms with Crippen LogP contribution in [-0.2, 0) is 21.7 Å². The standard InChI is InChI=1S/C24H21Cl2NO3S/c1-29-23(28)13-11-21-22(30-15-14-17-6-3-2-4-7-17)12-10-18(27-21)16-31-24-19(25)8-5-9-20(24)26/h2-13H,14-16H2,1H3/b13-11+. The molecule has 1 heterocycles. The van der Waals surface area contributed by atoms with Crippen LogP contribution in [0.3, 0.4) is 0 Å². The van der Waals surface area contributed by atoms with Gasteiger partial charge in [0.1, 0.15) is 11.4 Å². The molecule has 160 valence electrons. The SMILES string of the molecule is COC(=O)/C=C/c1nc(CSc2c(Cl)cccc2Cl)ccc1OCCc1ccccc1. The van der Waals surface area contributed by atoms with Gasteiger partial charge in [-0.2, -0.15) is 0 Å². The molecular formula is C24H21Cl2NO3S. The highest BCUT2D eigenvalue weighted by Gasteiger charge is 2.10. The second kappa shape index (κ2) is 11.8. The largest absolute Gasteiger partial charge is 0.491 e. The minimum absolute atomic E-state index is 0.459. The fourth-order valence-corrected chi connectivity index (χ4v) is 4.32. The summed E-state index contributed by atoms with van der Waals surface area (Å²) in [5, 5.41) is 1.20. The van der Waals surface area contributed by atoms with Crippen LogP contribution in [0.25, 0.3) is 6.08 Å². The van der Waals surface area contributed by atoms with Crippen molar-refractivity contribution in [1.82, 2.24) is 4.98 Å². The summed E-state index contributed by atoms with van der Waals surface area (Å²) in [6, 6.07) is 19.3. The van der Waals surface area contributed by atoms with E-state index in [2.05, 4.69) is 21.9 Å². The van der Waals surface area contributed by atoms with E-state index in [1.165, 1.54) is 30.5 Å². The van der Waals surface area contributed by atoms with Gasteiger partial charge in [-0.05, 0) is 35.9 Å². The highest BCUT2D eigenvalue weighted by Crippen LogP contribution is 2.35. The van der Waals surface area contributed by atoms with Gasteiger partial charge in [-0.3, -0.25) is 0 Å². The fraction of sp³-hybridized carbons (Fsp3) is 0.167. The second-order valence-corrected chi connectivity index (χ2v) is 8.27. The van der Waals surface area contributed by atoms with E-state index in [0.717, 1.165) is 17.0 Å². The molecule has 0 atom stereocenters. The van der Waals surface area contributed by atoms with Crippen molar-refractivity contribution in [2.75, 3.05) is 13.7 Å². The molecule has 0 N–H and O–H groups in total. The van der Waals surface area contributed by atoms with E-state index < -0.39 is 5.97 Å². The Hall–Kier alpha value is -2.47. The maximum absolute atomic E-state index is 11.6. The number of hydrogen-bond donors (Lipinski definition) is 0. The van der Waals surface area contributed by atoms with Gasteiger partial charge in [0, 0.05) is 23.1 Å². The zero-order valence-corrected chi connectivity index (χ0v) is 19.2. The van der Waals surface area contributed by atoms with Crippen LogP contribution in [0, 0.1) is 0 Å². The minimum atomic E-state index is -0.459. The molecule has 3 rings (SSSR count). The van der Waals surface area contributed by atoms with Crippen LogP contribution >= 0.6 is 35.0 Å². The van der Waals surface area contributed by atoms with Crippen LogP contribution in [0.5, 0.6) is 5.75 Å². The maximum Gasteiger partial charge on any atom is 0.330 e. The molecule has 1 aromatic heterocycles. The van der Waals surface area contributed by atoms with Crippen molar-refractivity contribution in [3.63, 3.8) is 0 Å². The number of nitrogens with zero attached hydrogens (tertiary/aromatic N) is 1. The molecule has 0 aliphatic heterocycles. The molecule has 3 aromatic rings. The summed E-state index contributed by atoms with van der Waals surface area (Å²) in [6.45, 7) is 0.494. The van der Waals surface area contributed by atoms with E-state index >= 15 is 0 Å². The summed E-state index contributed by atoms with van der Waals surface area (Å²) in [7, 11) is 1.33. The lowest BCUT2D eigenvalue weighted by molar-refractivity contribution is -0.134. The number of esters is 1. The summed E-state index contributed by atoms with van der Waals surface area (Å²) in [5.74, 6) is 0.701. The summed E-state index contributed by atoms with van der Waals surface area (Å²) in [5.41, 5.74) is 2.55. The first-order valence-electron chi connectivity index (χ1n) is 9.56. The zero-order valence-electron chi connectivity index (χ0n) is 16.9. The van der Waals surface area contributed by atoms with E-state index in [4.69, 9.17) is 27.9 Å². The molecule has 0 radical (unpaired) electrons. The maximum atomic E-state index is 11.6. The molecule has 0 spiro atoms. The van der Waals surface area contributed by atoms with Gasteiger partial charge in [0.05, 0.1) is 29.5 Å². The van der Waals surface area contributed by atoms with Crippen molar-refractivity contribution in [1.29, 1.82) is 0 Å². The Labute approximate surface area is 196 Å². The molecular weight excluding hydrogens is 453 g/mol. The highest BCUT2D eigenvalue weighted by atomic mass is 35.5. The number of ether oxygens (including phenoxy) is 2. The molecule has 2 aromatic carbocycles. The Morgan fingerprint density at radius 3 is 2.48 bits per heavy atom. The van der Waals surface area contributed by atoms with Gasteiger partial charge < -0.3 is 9.47 Å². The van der Waals surface area contributed by atoms with E-state index in [1.54, 1.807) is 18.2 Å². The summed E-state index contributed by atoms with van der Waals surface area (Å²) in [6.07, 6.45) is 3.69. The summed E-state index contributed by atoms with van der Waals surface area (Å²) < 4.78 is 10.6. The van der Waals surface area contributed by atoms with Crippen molar-refractivity contribution in [3.05, 3.63) is 93.7 Å². The number of thioether (sulfide) groups is 1. The number of carbonyl (C=O) groups excluding carboxylic acids is 1. The Kier molecular flexibility index (Phi) is 8.83. The molecule has 0 saturated carbocycles. The number of aromatic nitrogens is 1. The van der Waals surface area contributed by atoms with Crippen LogP contribution in [-0.4, -0.2) is 24.7 Å². The topological polar surface area (TPSA) is 48.4 Å². The van der Waals surface area contributed by atoms with Crippen LogP contribution < -0.4 is 4.74 Å². The van der Waals surface area contributed by atoms with Gasteiger partial charge in [0.15, 0.2) is 0 Å². The van der Waals surface area contributed by atoms with Crippen LogP contribution in [0.1, 0.15) is 17.0 Å². The fourth-order valence-electron chi connectivity index (χ4n) is 2.73. The molecule has 4 nitrogen and oxygen atoms in total. The van der Waals surface area contributed by atoms with Gasteiger partial charge >= 0.3 is 5.97 Å². The predicted octanol–water partition coefficient (Wildman–Crippen LogP) is 6.49. The lowest BCUT2D eigenvalue weighted by Crippen LogP contribution is -2.04. The molecule has 0 saturated heterocycles. The van der Waals surface area contributed by atoms with E-state index in [9.17, 15) is 4.79 Å². The van der Waals surface area contributed by atoms with Crippen LogP contribution in [0.2, 0.25) is 10.0 Å². The first-order valence-corrected chi connectivity index (χ1v) is 11.3. The van der Waals surface area contributed by atoms with E-state index in [0.29, 0.717) is 33.8 Å². The zero-order chi connectivity index (χ0) is 22.1. The van der Waals surface area contributed by atoms with Gasteiger partial charge in [-0.1, -0.05) is 59.6 Å². The number of carbonyl (C=O) groups is 1. The Morgan fingerprint density at radius 1 is 1.03 bits per heavy atom. The molecule has 7 heteroatoms. The third kappa shape index (κ3) is 7.03. The smallest absolute Gasteiger partial charge is 0.330 e. The van der Waals surface area contributed by atoms with Crippen molar-refractivity contribution < 1.29 is 14.3 Å². The first kappa shape index (κ1) is 23.2. The lowest BCUT2D eigenvalue weighted by atomic mass is 10.2. The van der Waals surface area contributed by atoms with E-state index in [1.807, 2.05) is 36.4 Å². The predicted molar refractivity (Wildman–Crippen MR) is 127 cm³/mol. The number of halogens is 2. The monoisotopic (exact) mass is 473 g/mol. The Morgan fingerprint density at radius 2 is 1.77 bits per heavy atom. The number of pyridine rings is 1. The third-order valence-corrected chi connectivity index (χ3v) is 6.32. The number of hydrogen-bond acceptors (Lipinski definition) is 5.